The molecule has 2 aliphatic rings. The monoisotopic (exact) mass is 423 g/mol. The van der Waals surface area contributed by atoms with Crippen LogP contribution in [0.2, 0.25) is 0 Å². The second-order valence-corrected chi connectivity index (χ2v) is 9.66. The Morgan fingerprint density at radius 3 is 1.90 bits per heavy atom. The fraction of sp³-hybridized carbons (Fsp3) is 0.526. The number of benzene rings is 1. The lowest BCUT2D eigenvalue weighted by molar-refractivity contribution is -0.910. The van der Waals surface area contributed by atoms with E-state index in [9.17, 15) is 22.8 Å². The second kappa shape index (κ2) is 7.51. The molecule has 2 aliphatic heterocycles. The Hall–Kier alpha value is -2.30. The van der Waals surface area contributed by atoms with Crippen LogP contribution in [-0.2, 0) is 19.6 Å². The predicted octanol–water partition coefficient (Wildman–Crippen LogP) is -0.812. The summed E-state index contributed by atoms with van der Waals surface area (Å²) in [6, 6.07) is 1.36. The van der Waals surface area contributed by atoms with E-state index in [4.69, 9.17) is 0 Å². The van der Waals surface area contributed by atoms with Crippen LogP contribution in [-0.4, -0.2) is 80.3 Å². The molecular formula is C19H27N4O5S+. The number of hydrogen-bond acceptors (Lipinski definition) is 5. The lowest BCUT2D eigenvalue weighted by atomic mass is 10.0. The van der Waals surface area contributed by atoms with Gasteiger partial charge in [-0.2, -0.15) is 4.31 Å². The van der Waals surface area contributed by atoms with Gasteiger partial charge in [0.05, 0.1) is 31.1 Å². The minimum atomic E-state index is -3.65. The molecule has 0 bridgehead atoms. The lowest BCUT2D eigenvalue weighted by Crippen LogP contribution is -3.16. The van der Waals surface area contributed by atoms with Gasteiger partial charge in [-0.15, -0.1) is 0 Å². The highest BCUT2D eigenvalue weighted by molar-refractivity contribution is 7.89. The molecule has 0 aromatic heterocycles. The summed E-state index contributed by atoms with van der Waals surface area (Å²) in [4.78, 5) is 38.6. The number of carbonyl (C=O) groups is 3. The third-order valence-corrected chi connectivity index (χ3v) is 8.13. The first-order chi connectivity index (χ1) is 13.5. The Labute approximate surface area is 170 Å². The maximum Gasteiger partial charge on any atom is 0.338 e. The van der Waals surface area contributed by atoms with Crippen LogP contribution in [0, 0.1) is 27.7 Å². The fourth-order valence-electron chi connectivity index (χ4n) is 3.87. The van der Waals surface area contributed by atoms with E-state index >= 15 is 0 Å². The van der Waals surface area contributed by atoms with E-state index in [1.54, 1.807) is 0 Å². The molecule has 29 heavy (non-hydrogen) atoms. The van der Waals surface area contributed by atoms with E-state index in [0.29, 0.717) is 18.0 Å². The van der Waals surface area contributed by atoms with Gasteiger partial charge in [0.15, 0.2) is 6.67 Å². The first-order valence-corrected chi connectivity index (χ1v) is 11.0. The van der Waals surface area contributed by atoms with Crippen LogP contribution >= 0.6 is 0 Å². The van der Waals surface area contributed by atoms with E-state index < -0.39 is 27.9 Å². The molecule has 158 valence electrons. The Morgan fingerprint density at radius 1 is 0.931 bits per heavy atom. The maximum absolute atomic E-state index is 13.3. The van der Waals surface area contributed by atoms with E-state index in [1.165, 1.54) is 11.4 Å². The normalized spacial score (nSPS) is 19.6. The molecule has 0 unspecified atom stereocenters. The SMILES string of the molecule is Cc1cc(C)c(C)c(S(=O)(=O)N2CC[NH+](CN3C(=O)C(=O)N(C)C3=O)CC2)c1C. The number of sulfonamides is 1. The van der Waals surface area contributed by atoms with Gasteiger partial charge < -0.3 is 4.90 Å². The van der Waals surface area contributed by atoms with Crippen molar-refractivity contribution in [3.8, 4) is 0 Å². The zero-order chi connectivity index (χ0) is 21.7. The number of nitrogens with zero attached hydrogens (tertiary/aromatic N) is 3. The van der Waals surface area contributed by atoms with Gasteiger partial charge >= 0.3 is 17.8 Å². The Morgan fingerprint density at radius 2 is 1.45 bits per heavy atom. The first kappa shape index (κ1) is 21.4. The van der Waals surface area contributed by atoms with Gasteiger partial charge in [-0.3, -0.25) is 14.5 Å². The van der Waals surface area contributed by atoms with Crippen molar-refractivity contribution in [1.82, 2.24) is 14.1 Å². The molecule has 0 saturated carbocycles. The van der Waals surface area contributed by atoms with Crippen molar-refractivity contribution in [2.24, 2.45) is 0 Å². The van der Waals surface area contributed by atoms with Gasteiger partial charge in [0, 0.05) is 7.05 Å². The summed E-state index contributed by atoms with van der Waals surface area (Å²) in [6.45, 7) is 8.98. The molecule has 2 fully saturated rings. The molecule has 0 radical (unpaired) electrons. The van der Waals surface area contributed by atoms with Crippen molar-refractivity contribution in [2.75, 3.05) is 39.9 Å². The molecule has 1 aromatic rings. The van der Waals surface area contributed by atoms with Crippen molar-refractivity contribution in [3.63, 3.8) is 0 Å². The van der Waals surface area contributed by atoms with Gasteiger partial charge in [-0.05, 0) is 49.9 Å². The lowest BCUT2D eigenvalue weighted by Gasteiger charge is -2.33. The number of quaternary nitrogens is 1. The molecule has 0 aliphatic carbocycles. The number of nitrogens with one attached hydrogen (secondary N) is 1. The van der Waals surface area contributed by atoms with E-state index in [2.05, 4.69) is 0 Å². The molecule has 3 rings (SSSR count). The van der Waals surface area contributed by atoms with E-state index in [0.717, 1.165) is 37.0 Å². The Kier molecular flexibility index (Phi) is 5.54. The van der Waals surface area contributed by atoms with Crippen LogP contribution in [0.15, 0.2) is 11.0 Å². The number of urea groups is 1. The average Bonchev–Trinajstić information content (AvgIpc) is 2.85. The number of carbonyl (C=O) groups excluding carboxylic acids is 3. The highest BCUT2D eigenvalue weighted by Gasteiger charge is 2.44. The third-order valence-electron chi connectivity index (χ3n) is 5.96. The van der Waals surface area contributed by atoms with E-state index in [-0.39, 0.29) is 19.8 Å². The van der Waals surface area contributed by atoms with Gasteiger partial charge in [-0.1, -0.05) is 6.07 Å². The zero-order valence-electron chi connectivity index (χ0n) is 17.4. The van der Waals surface area contributed by atoms with Crippen molar-refractivity contribution in [3.05, 3.63) is 28.3 Å². The summed E-state index contributed by atoms with van der Waals surface area (Å²) in [6.07, 6.45) is 0. The summed E-state index contributed by atoms with van der Waals surface area (Å²) < 4.78 is 28.1. The smallest absolute Gasteiger partial charge is 0.315 e. The van der Waals surface area contributed by atoms with Gasteiger partial charge in [-0.25, -0.2) is 18.1 Å². The number of hydrogen-bond donors (Lipinski definition) is 1. The van der Waals surface area contributed by atoms with Crippen molar-refractivity contribution >= 4 is 27.9 Å². The fourth-order valence-corrected chi connectivity index (χ4v) is 5.89. The van der Waals surface area contributed by atoms with Crippen molar-refractivity contribution < 1.29 is 27.7 Å². The van der Waals surface area contributed by atoms with Crippen molar-refractivity contribution in [1.29, 1.82) is 0 Å². The summed E-state index contributed by atoms with van der Waals surface area (Å²) in [7, 11) is -2.37. The van der Waals surface area contributed by atoms with Gasteiger partial charge in [0.2, 0.25) is 10.0 Å². The van der Waals surface area contributed by atoms with Crippen LogP contribution in [0.1, 0.15) is 22.3 Å². The van der Waals surface area contributed by atoms with Crippen LogP contribution in [0.25, 0.3) is 0 Å². The standard InChI is InChI=1S/C19H26N4O5S/c1-12-10-13(2)15(4)16(14(12)3)29(27,28)22-8-6-21(7-9-22)11-23-18(25)17(24)20(5)19(23)26/h10H,6-9,11H2,1-5H3/p+1. The minimum Gasteiger partial charge on any atom is -0.315 e. The molecule has 1 N–H and O–H groups in total. The number of rotatable bonds is 4. The molecule has 1 aromatic carbocycles. The number of imide groups is 2. The summed E-state index contributed by atoms with van der Waals surface area (Å²) in [5.41, 5.74) is 3.40. The summed E-state index contributed by atoms with van der Waals surface area (Å²) >= 11 is 0. The summed E-state index contributed by atoms with van der Waals surface area (Å²) in [5, 5.41) is 0. The predicted molar refractivity (Wildman–Crippen MR) is 105 cm³/mol. The topological polar surface area (TPSA) is 99.5 Å². The second-order valence-electron chi connectivity index (χ2n) is 7.78. The zero-order valence-corrected chi connectivity index (χ0v) is 18.2. The quantitative estimate of drug-likeness (QED) is 0.504. The highest BCUT2D eigenvalue weighted by atomic mass is 32.2. The van der Waals surface area contributed by atoms with Crippen LogP contribution in [0.3, 0.4) is 0 Å². The number of aryl methyl sites for hydroxylation is 2. The maximum atomic E-state index is 13.3. The molecule has 10 heteroatoms. The number of likely N-dealkylation sites (N-methyl/N-ethyl adjacent to an activating group) is 1. The third kappa shape index (κ3) is 3.56. The minimum absolute atomic E-state index is 0.0588. The molecular weight excluding hydrogens is 396 g/mol. The van der Waals surface area contributed by atoms with Gasteiger partial charge in [0.1, 0.15) is 0 Å². The van der Waals surface area contributed by atoms with Crippen LogP contribution in [0.4, 0.5) is 4.79 Å². The van der Waals surface area contributed by atoms with Crippen LogP contribution < -0.4 is 4.90 Å². The highest BCUT2D eigenvalue weighted by Crippen LogP contribution is 2.28. The van der Waals surface area contributed by atoms with Crippen molar-refractivity contribution in [2.45, 2.75) is 32.6 Å². The van der Waals surface area contributed by atoms with E-state index in [1.807, 2.05) is 33.8 Å². The molecule has 2 heterocycles. The molecule has 9 nitrogen and oxygen atoms in total. The molecule has 0 spiro atoms. The average molecular weight is 424 g/mol. The van der Waals surface area contributed by atoms with Gasteiger partial charge in [0.25, 0.3) is 0 Å². The number of amides is 4. The molecule has 2 saturated heterocycles. The Balaban J connectivity index is 1.74. The Bertz CT molecular complexity index is 970. The molecule has 0 atom stereocenters. The number of piperazine rings is 1. The van der Waals surface area contributed by atoms with Crippen LogP contribution in [0.5, 0.6) is 0 Å². The largest absolute Gasteiger partial charge is 0.338 e. The summed E-state index contributed by atoms with van der Waals surface area (Å²) in [5.74, 6) is -1.67. The molecule has 4 amide bonds. The first-order valence-electron chi connectivity index (χ1n) is 9.51.